The number of halogens is 2. The Bertz CT molecular complexity index is 448. The summed E-state index contributed by atoms with van der Waals surface area (Å²) in [4.78, 5) is 0. The van der Waals surface area contributed by atoms with Crippen molar-refractivity contribution in [1.82, 2.24) is 0 Å². The lowest BCUT2D eigenvalue weighted by atomic mass is 10.0. The monoisotopic (exact) mass is 280 g/mol. The molecular weight excluding hydrogens is 272 g/mol. The molecule has 0 fully saturated rings. The lowest BCUT2D eigenvalue weighted by Gasteiger charge is -2.06. The number of hydrogen-bond acceptors (Lipinski definition) is 0. The van der Waals surface area contributed by atoms with Crippen molar-refractivity contribution in [1.29, 1.82) is 0 Å². The van der Waals surface area contributed by atoms with Crippen LogP contribution < -0.4 is 0 Å². The smallest absolute Gasteiger partial charge is 0.0406 e. The first-order chi connectivity index (χ1) is 7.31. The third-order valence-electron chi connectivity index (χ3n) is 2.32. The van der Waals surface area contributed by atoms with E-state index < -0.39 is 0 Å². The first-order valence-corrected chi connectivity index (χ1v) is 6.21. The fourth-order valence-electron chi connectivity index (χ4n) is 1.55. The molecule has 2 heteroatoms. The highest BCUT2D eigenvalue weighted by molar-refractivity contribution is 9.08. The largest absolute Gasteiger partial charge is 0.0876 e. The Hall–Kier alpha value is -0.790. The summed E-state index contributed by atoms with van der Waals surface area (Å²) in [6.45, 7) is 0. The van der Waals surface area contributed by atoms with Crippen molar-refractivity contribution in [3.63, 3.8) is 0 Å². The molecule has 0 aromatic heterocycles. The molecule has 0 nitrogen and oxygen atoms in total. The van der Waals surface area contributed by atoms with Gasteiger partial charge in [-0.25, -0.2) is 0 Å². The third-order valence-corrected chi connectivity index (χ3v) is 3.17. The average Bonchev–Trinajstić information content (AvgIpc) is 2.30. The zero-order valence-electron chi connectivity index (χ0n) is 8.08. The molecule has 2 rings (SSSR count). The van der Waals surface area contributed by atoms with Crippen molar-refractivity contribution in [2.75, 3.05) is 0 Å². The van der Waals surface area contributed by atoms with E-state index >= 15 is 0 Å². The van der Waals surface area contributed by atoms with Crippen LogP contribution in [-0.2, 0) is 5.33 Å². The van der Waals surface area contributed by atoms with Crippen LogP contribution in [0.4, 0.5) is 0 Å². The van der Waals surface area contributed by atoms with Crippen LogP contribution in [-0.4, -0.2) is 0 Å². The second-order valence-corrected chi connectivity index (χ2v) is 4.29. The van der Waals surface area contributed by atoms with Crippen molar-refractivity contribution >= 4 is 27.5 Å². The molecule has 0 aliphatic carbocycles. The first kappa shape index (κ1) is 10.7. The topological polar surface area (TPSA) is 0 Å². The van der Waals surface area contributed by atoms with Gasteiger partial charge < -0.3 is 0 Å². The van der Waals surface area contributed by atoms with E-state index in [9.17, 15) is 0 Å². The summed E-state index contributed by atoms with van der Waals surface area (Å²) in [5.74, 6) is 0. The Morgan fingerprint density at radius 2 is 1.60 bits per heavy atom. The molecular formula is C13H10BrCl. The third kappa shape index (κ3) is 2.42. The van der Waals surface area contributed by atoms with E-state index in [1.165, 1.54) is 16.7 Å². The van der Waals surface area contributed by atoms with Gasteiger partial charge in [-0.2, -0.15) is 0 Å². The van der Waals surface area contributed by atoms with Crippen molar-refractivity contribution in [2.45, 2.75) is 5.33 Å². The first-order valence-electron chi connectivity index (χ1n) is 4.71. The van der Waals surface area contributed by atoms with Gasteiger partial charge in [-0.15, -0.1) is 0 Å². The Kier molecular flexibility index (Phi) is 3.45. The molecule has 0 spiro atoms. The summed E-state index contributed by atoms with van der Waals surface area (Å²) in [5, 5.41) is 1.64. The normalized spacial score (nSPS) is 10.3. The highest BCUT2D eigenvalue weighted by atomic mass is 79.9. The maximum Gasteiger partial charge on any atom is 0.0406 e. The SMILES string of the molecule is Clc1ccc(-c2ccccc2CBr)cc1. The lowest BCUT2D eigenvalue weighted by Crippen LogP contribution is -1.84. The van der Waals surface area contributed by atoms with E-state index in [2.05, 4.69) is 40.2 Å². The zero-order chi connectivity index (χ0) is 10.7. The maximum absolute atomic E-state index is 5.86. The molecule has 0 aliphatic rings. The van der Waals surface area contributed by atoms with E-state index in [0.717, 1.165) is 10.4 Å². The molecule has 0 amide bonds. The van der Waals surface area contributed by atoms with E-state index in [1.54, 1.807) is 0 Å². The van der Waals surface area contributed by atoms with Crippen molar-refractivity contribution < 1.29 is 0 Å². The van der Waals surface area contributed by atoms with Gasteiger partial charge >= 0.3 is 0 Å². The zero-order valence-corrected chi connectivity index (χ0v) is 10.4. The number of alkyl halides is 1. The molecule has 0 saturated heterocycles. The molecule has 15 heavy (non-hydrogen) atoms. The molecule has 0 radical (unpaired) electrons. The highest BCUT2D eigenvalue weighted by Gasteiger charge is 2.02. The molecule has 2 aromatic carbocycles. The highest BCUT2D eigenvalue weighted by Crippen LogP contribution is 2.26. The van der Waals surface area contributed by atoms with Gasteiger partial charge in [0.25, 0.3) is 0 Å². The predicted octanol–water partition coefficient (Wildman–Crippen LogP) is 4.90. The minimum Gasteiger partial charge on any atom is -0.0876 e. The number of hydrogen-bond donors (Lipinski definition) is 0. The van der Waals surface area contributed by atoms with E-state index in [4.69, 9.17) is 11.6 Å². The molecule has 76 valence electrons. The van der Waals surface area contributed by atoms with Crippen molar-refractivity contribution in [3.05, 3.63) is 59.1 Å². The van der Waals surface area contributed by atoms with Crippen LogP contribution in [0.1, 0.15) is 5.56 Å². The summed E-state index contributed by atoms with van der Waals surface area (Å²) in [7, 11) is 0. The summed E-state index contributed by atoms with van der Waals surface area (Å²) in [6, 6.07) is 16.3. The summed E-state index contributed by atoms with van der Waals surface area (Å²) >= 11 is 9.36. The summed E-state index contributed by atoms with van der Waals surface area (Å²) in [6.07, 6.45) is 0. The molecule has 2 aromatic rings. The summed E-state index contributed by atoms with van der Waals surface area (Å²) in [5.41, 5.74) is 3.75. The van der Waals surface area contributed by atoms with Crippen LogP contribution in [0.3, 0.4) is 0 Å². The lowest BCUT2D eigenvalue weighted by molar-refractivity contribution is 1.43. The van der Waals surface area contributed by atoms with Crippen molar-refractivity contribution in [3.8, 4) is 11.1 Å². The Labute approximate surface area is 103 Å². The number of rotatable bonds is 2. The van der Waals surface area contributed by atoms with Crippen LogP contribution in [0.2, 0.25) is 5.02 Å². The Morgan fingerprint density at radius 1 is 0.933 bits per heavy atom. The number of benzene rings is 2. The van der Waals surface area contributed by atoms with Gasteiger partial charge in [0, 0.05) is 10.4 Å². The standard InChI is InChI=1S/C13H10BrCl/c14-9-11-3-1-2-4-13(11)10-5-7-12(15)8-6-10/h1-8H,9H2. The van der Waals surface area contributed by atoms with Crippen LogP contribution in [0.15, 0.2) is 48.5 Å². The average molecular weight is 282 g/mol. The molecule has 0 unspecified atom stereocenters. The Balaban J connectivity index is 2.49. The minimum absolute atomic E-state index is 0.773. The van der Waals surface area contributed by atoms with Gasteiger partial charge in [0.05, 0.1) is 0 Å². The Morgan fingerprint density at radius 3 is 2.27 bits per heavy atom. The fourth-order valence-corrected chi connectivity index (χ4v) is 2.16. The molecule has 0 N–H and O–H groups in total. The van der Waals surface area contributed by atoms with E-state index in [1.807, 2.05) is 24.3 Å². The summed E-state index contributed by atoms with van der Waals surface area (Å²) < 4.78 is 0. The van der Waals surface area contributed by atoms with Gasteiger partial charge in [0.15, 0.2) is 0 Å². The van der Waals surface area contributed by atoms with Crippen LogP contribution in [0.5, 0.6) is 0 Å². The maximum atomic E-state index is 5.86. The molecule has 0 saturated carbocycles. The minimum atomic E-state index is 0.773. The van der Waals surface area contributed by atoms with Gasteiger partial charge in [-0.05, 0) is 28.8 Å². The molecule has 0 heterocycles. The predicted molar refractivity (Wildman–Crippen MR) is 69.5 cm³/mol. The molecule has 0 atom stereocenters. The van der Waals surface area contributed by atoms with Gasteiger partial charge in [-0.3, -0.25) is 0 Å². The van der Waals surface area contributed by atoms with Gasteiger partial charge in [0.1, 0.15) is 0 Å². The second-order valence-electron chi connectivity index (χ2n) is 3.30. The second kappa shape index (κ2) is 4.82. The van der Waals surface area contributed by atoms with Gasteiger partial charge in [0.2, 0.25) is 0 Å². The molecule has 0 bridgehead atoms. The van der Waals surface area contributed by atoms with E-state index in [-0.39, 0.29) is 0 Å². The van der Waals surface area contributed by atoms with Crippen LogP contribution in [0.25, 0.3) is 11.1 Å². The van der Waals surface area contributed by atoms with Gasteiger partial charge in [-0.1, -0.05) is 63.9 Å². The van der Waals surface area contributed by atoms with Crippen molar-refractivity contribution in [2.24, 2.45) is 0 Å². The van der Waals surface area contributed by atoms with Crippen LogP contribution >= 0.6 is 27.5 Å². The van der Waals surface area contributed by atoms with Crippen LogP contribution in [0, 0.1) is 0 Å². The van der Waals surface area contributed by atoms with E-state index in [0.29, 0.717) is 0 Å². The quantitative estimate of drug-likeness (QED) is 0.687. The fraction of sp³-hybridized carbons (Fsp3) is 0.0769. The molecule has 0 aliphatic heterocycles.